The maximum atomic E-state index is 14.5. The number of hydrogen-bond donors (Lipinski definition) is 2. The molecule has 10 heteroatoms. The summed E-state index contributed by atoms with van der Waals surface area (Å²) < 4.78 is 31.3. The van der Waals surface area contributed by atoms with Gasteiger partial charge in [-0.15, -0.1) is 9.82 Å². The monoisotopic (exact) mass is 482 g/mol. The third-order valence-corrected chi connectivity index (χ3v) is 6.05. The number of hydrogen-bond acceptors (Lipinski definition) is 5. The molecule has 0 bridgehead atoms. The molecule has 0 saturated carbocycles. The second-order valence-electron chi connectivity index (χ2n) is 8.43. The van der Waals surface area contributed by atoms with Crippen molar-refractivity contribution in [1.82, 2.24) is 19.4 Å². The van der Waals surface area contributed by atoms with E-state index in [4.69, 9.17) is 0 Å². The minimum Gasteiger partial charge on any atom is -0.586 e. The summed E-state index contributed by atoms with van der Waals surface area (Å²) in [4.78, 5) is 14.8. The van der Waals surface area contributed by atoms with Crippen LogP contribution in [0.4, 0.5) is 14.9 Å². The number of carbonyl (C=O) groups is 1. The van der Waals surface area contributed by atoms with Crippen molar-refractivity contribution in [3.8, 4) is 17.2 Å². The van der Waals surface area contributed by atoms with Gasteiger partial charge in [0.15, 0.2) is 0 Å². The van der Waals surface area contributed by atoms with Crippen molar-refractivity contribution in [2.24, 2.45) is 7.05 Å². The highest BCUT2D eigenvalue weighted by Gasteiger charge is 2.23. The molecular formula is C24H27FN6O2S. The topological polar surface area (TPSA) is 109 Å². The Balaban J connectivity index is 1.91. The van der Waals surface area contributed by atoms with Gasteiger partial charge < -0.3 is 14.8 Å². The summed E-state index contributed by atoms with van der Waals surface area (Å²) in [5.74, 6) is -0.573. The predicted octanol–water partition coefficient (Wildman–Crippen LogP) is 4.13. The van der Waals surface area contributed by atoms with Crippen molar-refractivity contribution in [1.29, 1.82) is 5.26 Å². The summed E-state index contributed by atoms with van der Waals surface area (Å²) >= 11 is -1.90. The number of urea groups is 1. The number of aromatic nitrogens is 2. The fourth-order valence-electron chi connectivity index (χ4n) is 3.52. The van der Waals surface area contributed by atoms with E-state index in [0.29, 0.717) is 34.5 Å². The van der Waals surface area contributed by atoms with Crippen molar-refractivity contribution in [3.63, 3.8) is 0 Å². The van der Waals surface area contributed by atoms with Crippen LogP contribution < -0.4 is 10.0 Å². The Hall–Kier alpha value is -3.39. The molecule has 8 nitrogen and oxygen atoms in total. The Morgan fingerprint density at radius 1 is 1.29 bits per heavy atom. The average molecular weight is 483 g/mol. The average Bonchev–Trinajstić information content (AvgIpc) is 3.14. The molecule has 3 aromatic rings. The van der Waals surface area contributed by atoms with Gasteiger partial charge in [-0.3, -0.25) is 4.68 Å². The largest absolute Gasteiger partial charge is 0.586 e. The molecule has 1 atom stereocenters. The van der Waals surface area contributed by atoms with Crippen molar-refractivity contribution >= 4 is 23.1 Å². The number of carbonyl (C=O) groups excluding carboxylic acids is 1. The molecule has 3 rings (SSSR count). The van der Waals surface area contributed by atoms with Crippen LogP contribution in [0.15, 0.2) is 47.5 Å². The first-order chi connectivity index (χ1) is 16.1. The van der Waals surface area contributed by atoms with Gasteiger partial charge in [-0.1, -0.05) is 26.0 Å². The minimum atomic E-state index is -1.90. The number of rotatable bonds is 7. The van der Waals surface area contributed by atoms with Gasteiger partial charge in [-0.25, -0.2) is 9.18 Å². The van der Waals surface area contributed by atoms with E-state index in [1.165, 1.54) is 12.1 Å². The Labute approximate surface area is 201 Å². The van der Waals surface area contributed by atoms with Crippen LogP contribution in [0, 0.1) is 17.1 Å². The van der Waals surface area contributed by atoms with E-state index in [9.17, 15) is 19.0 Å². The highest BCUT2D eigenvalue weighted by atomic mass is 32.2. The Bertz CT molecular complexity index is 1230. The standard InChI is InChI=1S/C24H27FN6O2S/c1-15(2)20-10-18(25)11-21(17-8-6-7-16(9-17)13-26)23(20)27-24(32)29-34(33)22-12-19(14-30(3)4)31(5)28-22/h6-12,15H,14H2,1-5H3,(H2,27,29,32). The number of aryl methyl sites for hydroxylation is 1. The molecule has 0 aliphatic heterocycles. The molecule has 0 aliphatic rings. The van der Waals surface area contributed by atoms with Crippen molar-refractivity contribution in [3.05, 3.63) is 65.1 Å². The number of amides is 2. The quantitative estimate of drug-likeness (QED) is 0.492. The maximum Gasteiger partial charge on any atom is 0.361 e. The van der Waals surface area contributed by atoms with Gasteiger partial charge in [0.25, 0.3) is 5.03 Å². The molecule has 2 amide bonds. The second-order valence-corrected chi connectivity index (χ2v) is 9.58. The molecule has 0 spiro atoms. The van der Waals surface area contributed by atoms with Crippen LogP contribution in [0.3, 0.4) is 0 Å². The van der Waals surface area contributed by atoms with Crippen LogP contribution in [0.25, 0.3) is 11.1 Å². The summed E-state index contributed by atoms with van der Waals surface area (Å²) in [6.07, 6.45) is 0. The molecule has 2 aromatic carbocycles. The van der Waals surface area contributed by atoms with E-state index in [1.807, 2.05) is 32.8 Å². The molecule has 0 saturated heterocycles. The van der Waals surface area contributed by atoms with E-state index in [0.717, 1.165) is 5.69 Å². The highest BCUT2D eigenvalue weighted by molar-refractivity contribution is 7.90. The molecule has 0 radical (unpaired) electrons. The third-order valence-electron chi connectivity index (χ3n) is 5.10. The van der Waals surface area contributed by atoms with Crippen LogP contribution in [-0.4, -0.2) is 39.4 Å². The SMILES string of the molecule is CC(C)c1cc(F)cc(-c2cccc(C#N)c2)c1NC(=O)N[S+]([O-])c1cc(CN(C)C)n(C)n1. The lowest BCUT2D eigenvalue weighted by Gasteiger charge is -2.19. The van der Waals surface area contributed by atoms with Crippen molar-refractivity contribution in [2.45, 2.75) is 31.3 Å². The zero-order chi connectivity index (χ0) is 25.0. The number of benzene rings is 2. The number of anilines is 1. The number of nitrogens with zero attached hydrogens (tertiary/aromatic N) is 4. The lowest BCUT2D eigenvalue weighted by Crippen LogP contribution is -2.35. The molecule has 1 unspecified atom stereocenters. The molecule has 2 N–H and O–H groups in total. The van der Waals surface area contributed by atoms with Crippen LogP contribution in [0.2, 0.25) is 0 Å². The second kappa shape index (κ2) is 10.7. The molecule has 178 valence electrons. The summed E-state index contributed by atoms with van der Waals surface area (Å²) in [6, 6.07) is 12.4. The van der Waals surface area contributed by atoms with Gasteiger partial charge in [0, 0.05) is 25.2 Å². The number of nitriles is 1. The summed E-state index contributed by atoms with van der Waals surface area (Å²) in [5, 5.41) is 16.4. The Kier molecular flexibility index (Phi) is 7.94. The van der Waals surface area contributed by atoms with Gasteiger partial charge in [-0.2, -0.15) is 5.26 Å². The van der Waals surface area contributed by atoms with Gasteiger partial charge >= 0.3 is 6.03 Å². The molecule has 34 heavy (non-hydrogen) atoms. The van der Waals surface area contributed by atoms with Crippen molar-refractivity contribution in [2.75, 3.05) is 19.4 Å². The van der Waals surface area contributed by atoms with Gasteiger partial charge in [0.2, 0.25) is 0 Å². The fraction of sp³-hybridized carbons (Fsp3) is 0.292. The third kappa shape index (κ3) is 5.94. The first-order valence-corrected chi connectivity index (χ1v) is 11.7. The van der Waals surface area contributed by atoms with Crippen LogP contribution >= 0.6 is 0 Å². The maximum absolute atomic E-state index is 14.5. The van der Waals surface area contributed by atoms with E-state index in [1.54, 1.807) is 42.1 Å². The zero-order valence-corrected chi connectivity index (χ0v) is 20.5. The minimum absolute atomic E-state index is 0.112. The molecule has 1 heterocycles. The number of nitrogens with one attached hydrogen (secondary N) is 2. The van der Waals surface area contributed by atoms with Crippen LogP contribution in [0.5, 0.6) is 0 Å². The summed E-state index contributed by atoms with van der Waals surface area (Å²) in [5.41, 5.74) is 3.21. The highest BCUT2D eigenvalue weighted by Crippen LogP contribution is 2.36. The van der Waals surface area contributed by atoms with Crippen LogP contribution in [0.1, 0.15) is 36.6 Å². The van der Waals surface area contributed by atoms with Gasteiger partial charge in [0.05, 0.1) is 23.0 Å². The Morgan fingerprint density at radius 3 is 2.68 bits per heavy atom. The predicted molar refractivity (Wildman–Crippen MR) is 130 cm³/mol. The van der Waals surface area contributed by atoms with E-state index >= 15 is 0 Å². The van der Waals surface area contributed by atoms with Crippen molar-refractivity contribution < 1.29 is 13.7 Å². The van der Waals surface area contributed by atoms with Crippen LogP contribution in [-0.2, 0) is 25.0 Å². The lowest BCUT2D eigenvalue weighted by atomic mass is 9.93. The zero-order valence-electron chi connectivity index (χ0n) is 19.7. The summed E-state index contributed by atoms with van der Waals surface area (Å²) in [7, 11) is 5.57. The molecule has 0 fully saturated rings. The molecule has 1 aromatic heterocycles. The van der Waals surface area contributed by atoms with Gasteiger partial charge in [0.1, 0.15) is 17.2 Å². The van der Waals surface area contributed by atoms with E-state index < -0.39 is 23.2 Å². The molecule has 0 aliphatic carbocycles. The van der Waals surface area contributed by atoms with E-state index in [2.05, 4.69) is 21.2 Å². The number of halogens is 1. The smallest absolute Gasteiger partial charge is 0.361 e. The first-order valence-electron chi connectivity index (χ1n) is 10.6. The first kappa shape index (κ1) is 25.2. The van der Waals surface area contributed by atoms with Gasteiger partial charge in [-0.05, 0) is 55.4 Å². The normalized spacial score (nSPS) is 12.0. The summed E-state index contributed by atoms with van der Waals surface area (Å²) in [6.45, 7) is 4.36. The Morgan fingerprint density at radius 2 is 2.03 bits per heavy atom. The lowest BCUT2D eigenvalue weighted by molar-refractivity contribution is 0.256. The van der Waals surface area contributed by atoms with E-state index in [-0.39, 0.29) is 10.9 Å². The fourth-order valence-corrected chi connectivity index (χ4v) is 4.29. The molecular weight excluding hydrogens is 455 g/mol.